The number of carboxylic acids is 1. The van der Waals surface area contributed by atoms with Gasteiger partial charge in [0.2, 0.25) is 0 Å². The van der Waals surface area contributed by atoms with Crippen molar-refractivity contribution < 1.29 is 24.2 Å². The van der Waals surface area contributed by atoms with Gasteiger partial charge in [-0.05, 0) is 65.4 Å². The lowest BCUT2D eigenvalue weighted by Gasteiger charge is -2.29. The van der Waals surface area contributed by atoms with Gasteiger partial charge < -0.3 is 19.5 Å². The van der Waals surface area contributed by atoms with Gasteiger partial charge in [-0.2, -0.15) is 5.26 Å². The fourth-order valence-electron chi connectivity index (χ4n) is 4.75. The van der Waals surface area contributed by atoms with Crippen molar-refractivity contribution in [3.63, 3.8) is 0 Å². The Morgan fingerprint density at radius 3 is 2.33 bits per heavy atom. The molecule has 7 nitrogen and oxygen atoms in total. The van der Waals surface area contributed by atoms with Crippen LogP contribution in [-0.2, 0) is 11.2 Å². The van der Waals surface area contributed by atoms with Crippen LogP contribution in [0.4, 0.5) is 0 Å². The second kappa shape index (κ2) is 10.7. The molecule has 1 N–H and O–H groups in total. The maximum Gasteiger partial charge on any atom is 0.326 e. The standard InChI is InChI=1S/C28H25ClN2O5/c1-35-25-15-19(13-14-30)21(16-26(25)36-2)17-7-9-18(10-8-17)27(32)31-23(11-12-24(31)28(33)34)20-5-3-4-6-22(20)29/h3-10,15-16,23-24H,11-13H2,1-2H3,(H,33,34)/t23-,24+/m1/s1. The lowest BCUT2D eigenvalue weighted by Crippen LogP contribution is -2.41. The summed E-state index contributed by atoms with van der Waals surface area (Å²) in [5.74, 6) is -0.363. The third-order valence-corrected chi connectivity index (χ3v) is 6.83. The highest BCUT2D eigenvalue weighted by molar-refractivity contribution is 6.31. The summed E-state index contributed by atoms with van der Waals surface area (Å²) in [4.78, 5) is 27.0. The summed E-state index contributed by atoms with van der Waals surface area (Å²) in [6.45, 7) is 0. The van der Waals surface area contributed by atoms with E-state index in [1.54, 1.807) is 48.5 Å². The smallest absolute Gasteiger partial charge is 0.326 e. The number of nitriles is 1. The van der Waals surface area contributed by atoms with Gasteiger partial charge in [0.15, 0.2) is 11.5 Å². The van der Waals surface area contributed by atoms with Gasteiger partial charge in [-0.15, -0.1) is 0 Å². The van der Waals surface area contributed by atoms with Crippen LogP contribution in [0.25, 0.3) is 11.1 Å². The van der Waals surface area contributed by atoms with Crippen LogP contribution < -0.4 is 9.47 Å². The summed E-state index contributed by atoms with van der Waals surface area (Å²) in [6, 6.07) is 18.5. The highest BCUT2D eigenvalue weighted by atomic mass is 35.5. The zero-order chi connectivity index (χ0) is 25.8. The molecule has 1 aliphatic heterocycles. The molecule has 1 saturated heterocycles. The number of carbonyl (C=O) groups excluding carboxylic acids is 1. The van der Waals surface area contributed by atoms with Gasteiger partial charge in [0, 0.05) is 10.6 Å². The quantitative estimate of drug-likeness (QED) is 0.454. The number of rotatable bonds is 7. The normalized spacial score (nSPS) is 16.9. The van der Waals surface area contributed by atoms with Crippen LogP contribution in [0, 0.1) is 11.3 Å². The summed E-state index contributed by atoms with van der Waals surface area (Å²) in [5, 5.41) is 19.6. The first-order chi connectivity index (χ1) is 17.4. The molecule has 0 unspecified atom stereocenters. The lowest BCUT2D eigenvalue weighted by molar-refractivity contribution is -0.141. The van der Waals surface area contributed by atoms with E-state index < -0.39 is 18.1 Å². The number of likely N-dealkylation sites (tertiary alicyclic amines) is 1. The maximum atomic E-state index is 13.6. The van der Waals surface area contributed by atoms with E-state index in [0.29, 0.717) is 34.9 Å². The fourth-order valence-corrected chi connectivity index (χ4v) is 5.01. The van der Waals surface area contributed by atoms with E-state index in [-0.39, 0.29) is 12.3 Å². The van der Waals surface area contributed by atoms with E-state index in [1.165, 1.54) is 19.1 Å². The predicted molar refractivity (Wildman–Crippen MR) is 135 cm³/mol. The second-order valence-corrected chi connectivity index (χ2v) is 8.86. The molecule has 36 heavy (non-hydrogen) atoms. The second-order valence-electron chi connectivity index (χ2n) is 8.46. The van der Waals surface area contributed by atoms with Crippen molar-refractivity contribution >= 4 is 23.5 Å². The Balaban J connectivity index is 1.70. The molecule has 0 aromatic heterocycles. The number of hydrogen-bond donors (Lipinski definition) is 1. The van der Waals surface area contributed by atoms with Gasteiger partial charge in [0.25, 0.3) is 5.91 Å². The van der Waals surface area contributed by atoms with Crippen LogP contribution in [0.15, 0.2) is 60.7 Å². The van der Waals surface area contributed by atoms with Gasteiger partial charge in [-0.3, -0.25) is 4.79 Å². The average Bonchev–Trinajstić information content (AvgIpc) is 3.34. The van der Waals surface area contributed by atoms with Crippen molar-refractivity contribution in [2.24, 2.45) is 0 Å². The van der Waals surface area contributed by atoms with Gasteiger partial charge in [0.05, 0.1) is 32.8 Å². The van der Waals surface area contributed by atoms with Crippen molar-refractivity contribution in [1.29, 1.82) is 5.26 Å². The molecule has 184 valence electrons. The van der Waals surface area contributed by atoms with Crippen LogP contribution in [0.1, 0.15) is 40.4 Å². The number of benzene rings is 3. The van der Waals surface area contributed by atoms with Crippen molar-refractivity contribution in [3.8, 4) is 28.7 Å². The number of hydrogen-bond acceptors (Lipinski definition) is 5. The number of aliphatic carboxylic acids is 1. The SMILES string of the molecule is COc1cc(CC#N)c(-c2ccc(C(=O)N3[C@@H](c4ccccc4Cl)CC[C@H]3C(=O)O)cc2)cc1OC. The number of amides is 1. The van der Waals surface area contributed by atoms with Gasteiger partial charge in [-0.25, -0.2) is 4.79 Å². The number of halogens is 1. The Hall–Kier alpha value is -4.02. The molecule has 1 aliphatic rings. The highest BCUT2D eigenvalue weighted by Gasteiger charge is 2.42. The number of ether oxygens (including phenoxy) is 2. The molecule has 0 saturated carbocycles. The molecule has 4 rings (SSSR count). The van der Waals surface area contributed by atoms with E-state index in [9.17, 15) is 20.0 Å². The van der Waals surface area contributed by atoms with Crippen LogP contribution >= 0.6 is 11.6 Å². The summed E-state index contributed by atoms with van der Waals surface area (Å²) < 4.78 is 10.8. The van der Waals surface area contributed by atoms with Crippen LogP contribution in [0.5, 0.6) is 11.5 Å². The Kier molecular flexibility index (Phi) is 7.47. The average molecular weight is 505 g/mol. The van der Waals surface area contributed by atoms with E-state index in [0.717, 1.165) is 22.3 Å². The summed E-state index contributed by atoms with van der Waals surface area (Å²) >= 11 is 6.40. The first-order valence-electron chi connectivity index (χ1n) is 11.4. The van der Waals surface area contributed by atoms with Crippen molar-refractivity contribution in [2.45, 2.75) is 31.3 Å². The minimum atomic E-state index is -1.04. The van der Waals surface area contributed by atoms with Gasteiger partial charge in [0.1, 0.15) is 6.04 Å². The molecule has 3 aromatic carbocycles. The van der Waals surface area contributed by atoms with Crippen LogP contribution in [0.2, 0.25) is 5.02 Å². The van der Waals surface area contributed by atoms with Gasteiger partial charge >= 0.3 is 5.97 Å². The molecular formula is C28H25ClN2O5. The Labute approximate surface area is 214 Å². The molecule has 0 spiro atoms. The molecule has 1 heterocycles. The third-order valence-electron chi connectivity index (χ3n) is 6.49. The third kappa shape index (κ3) is 4.73. The molecule has 8 heteroatoms. The number of carbonyl (C=O) groups is 2. The van der Waals surface area contributed by atoms with Crippen LogP contribution in [-0.4, -0.2) is 42.1 Å². The molecule has 1 fully saturated rings. The molecule has 2 atom stereocenters. The summed E-state index contributed by atoms with van der Waals surface area (Å²) in [6.07, 6.45) is 1.02. The van der Waals surface area contributed by atoms with Crippen LogP contribution in [0.3, 0.4) is 0 Å². The molecule has 0 bridgehead atoms. The Morgan fingerprint density at radius 2 is 1.72 bits per heavy atom. The predicted octanol–water partition coefficient (Wildman–Crippen LogP) is 5.52. The topological polar surface area (TPSA) is 99.9 Å². The molecule has 0 aliphatic carbocycles. The first kappa shape index (κ1) is 25.1. The van der Waals surface area contributed by atoms with E-state index in [4.69, 9.17) is 21.1 Å². The fraction of sp³-hybridized carbons (Fsp3) is 0.250. The van der Waals surface area contributed by atoms with E-state index in [2.05, 4.69) is 6.07 Å². The molecule has 0 radical (unpaired) electrons. The minimum Gasteiger partial charge on any atom is -0.493 e. The minimum absolute atomic E-state index is 0.171. The number of methoxy groups -OCH3 is 2. The summed E-state index contributed by atoms with van der Waals surface area (Å²) in [7, 11) is 3.07. The first-order valence-corrected chi connectivity index (χ1v) is 11.8. The Morgan fingerprint density at radius 1 is 1.06 bits per heavy atom. The highest BCUT2D eigenvalue weighted by Crippen LogP contribution is 2.41. The monoisotopic (exact) mass is 504 g/mol. The van der Waals surface area contributed by atoms with Crippen molar-refractivity contribution in [3.05, 3.63) is 82.4 Å². The van der Waals surface area contributed by atoms with Crippen molar-refractivity contribution in [1.82, 2.24) is 4.90 Å². The summed E-state index contributed by atoms with van der Waals surface area (Å²) in [5.41, 5.74) is 3.44. The molecule has 3 aromatic rings. The largest absolute Gasteiger partial charge is 0.493 e. The number of carboxylic acid groups (broad SMARTS) is 1. The Bertz CT molecular complexity index is 1330. The zero-order valence-electron chi connectivity index (χ0n) is 19.9. The number of nitrogens with zero attached hydrogens (tertiary/aromatic N) is 2. The molecule has 1 amide bonds. The van der Waals surface area contributed by atoms with E-state index >= 15 is 0 Å². The molecular weight excluding hydrogens is 480 g/mol. The zero-order valence-corrected chi connectivity index (χ0v) is 20.7. The van der Waals surface area contributed by atoms with Gasteiger partial charge in [-0.1, -0.05) is 41.9 Å². The lowest BCUT2D eigenvalue weighted by atomic mass is 9.96. The van der Waals surface area contributed by atoms with E-state index in [1.807, 2.05) is 12.1 Å². The maximum absolute atomic E-state index is 13.6. The van der Waals surface area contributed by atoms with Crippen molar-refractivity contribution in [2.75, 3.05) is 14.2 Å².